The number of aromatic nitrogens is 4. The van der Waals surface area contributed by atoms with Gasteiger partial charge in [-0.3, -0.25) is 5.10 Å². The third-order valence-corrected chi connectivity index (χ3v) is 9.20. The molecule has 2 saturated carbocycles. The van der Waals surface area contributed by atoms with Crippen molar-refractivity contribution in [3.63, 3.8) is 0 Å². The number of hydrogen-bond acceptors (Lipinski definition) is 3. The zero-order valence-electron chi connectivity index (χ0n) is 17.8. The van der Waals surface area contributed by atoms with Crippen LogP contribution in [0.2, 0.25) is 0 Å². The van der Waals surface area contributed by atoms with E-state index in [0.717, 1.165) is 19.4 Å². The van der Waals surface area contributed by atoms with Crippen molar-refractivity contribution < 1.29 is 5.11 Å². The highest BCUT2D eigenvalue weighted by Crippen LogP contribution is 2.63. The van der Waals surface area contributed by atoms with E-state index in [1.807, 2.05) is 18.7 Å². The van der Waals surface area contributed by atoms with Gasteiger partial charge in [-0.25, -0.2) is 4.98 Å². The van der Waals surface area contributed by atoms with Gasteiger partial charge in [-0.05, 0) is 78.6 Å². The number of aromatic amines is 1. The van der Waals surface area contributed by atoms with E-state index in [1.54, 1.807) is 0 Å². The number of imidazole rings is 1. The van der Waals surface area contributed by atoms with Crippen molar-refractivity contribution in [3.05, 3.63) is 48.3 Å². The van der Waals surface area contributed by atoms with Crippen molar-refractivity contribution in [2.75, 3.05) is 6.61 Å². The molecule has 2 fully saturated rings. The highest BCUT2D eigenvalue weighted by Gasteiger charge is 2.56. The van der Waals surface area contributed by atoms with Crippen LogP contribution in [0, 0.1) is 34.5 Å². The minimum atomic E-state index is 0.0854. The number of nitrogens with zero attached hydrogens (tertiary/aromatic N) is 3. The summed E-state index contributed by atoms with van der Waals surface area (Å²) in [6, 6.07) is 0. The second-order valence-corrected chi connectivity index (χ2v) is 10.4. The molecular weight excluding hydrogens is 360 g/mol. The summed E-state index contributed by atoms with van der Waals surface area (Å²) in [4.78, 5) is 4.31. The topological polar surface area (TPSA) is 66.7 Å². The Balaban J connectivity index is 1.54. The van der Waals surface area contributed by atoms with Gasteiger partial charge in [-0.1, -0.05) is 26.0 Å². The maximum atomic E-state index is 10.4. The molecule has 156 valence electrons. The number of allylic oxidation sites excluding steroid dienone is 1. The number of aliphatic hydroxyl groups is 1. The van der Waals surface area contributed by atoms with Gasteiger partial charge in [-0.2, -0.15) is 5.10 Å². The van der Waals surface area contributed by atoms with Gasteiger partial charge in [0.1, 0.15) is 0 Å². The Kier molecular flexibility index (Phi) is 4.50. The van der Waals surface area contributed by atoms with E-state index in [4.69, 9.17) is 0 Å². The number of rotatable bonds is 4. The lowest BCUT2D eigenvalue weighted by Crippen LogP contribution is -2.52. The van der Waals surface area contributed by atoms with Gasteiger partial charge >= 0.3 is 0 Å². The molecule has 2 aromatic heterocycles. The van der Waals surface area contributed by atoms with Crippen LogP contribution in [-0.4, -0.2) is 31.5 Å². The zero-order valence-corrected chi connectivity index (χ0v) is 17.8. The van der Waals surface area contributed by atoms with Crippen LogP contribution in [-0.2, 0) is 19.4 Å². The van der Waals surface area contributed by atoms with Crippen LogP contribution in [0.1, 0.15) is 50.8 Å². The Morgan fingerprint density at radius 1 is 1.31 bits per heavy atom. The monoisotopic (exact) mass is 394 g/mol. The van der Waals surface area contributed by atoms with Crippen molar-refractivity contribution in [3.8, 4) is 0 Å². The molecule has 5 nitrogen and oxygen atoms in total. The highest BCUT2D eigenvalue weighted by molar-refractivity contribution is 5.26. The quantitative estimate of drug-likeness (QED) is 0.770. The minimum absolute atomic E-state index is 0.0854. The Hall–Kier alpha value is -1.88. The third kappa shape index (κ3) is 2.84. The average Bonchev–Trinajstić information content (AvgIpc) is 3.43. The molecule has 0 unspecified atom stereocenters. The first-order valence-electron chi connectivity index (χ1n) is 11.2. The number of fused-ring (bicyclic) bond motifs is 2. The second-order valence-electron chi connectivity index (χ2n) is 10.4. The van der Waals surface area contributed by atoms with E-state index in [-0.39, 0.29) is 23.4 Å². The molecule has 0 radical (unpaired) electrons. The number of hydrogen-bond donors (Lipinski definition) is 2. The summed E-state index contributed by atoms with van der Waals surface area (Å²) in [5, 5.41) is 17.9. The summed E-state index contributed by atoms with van der Waals surface area (Å²) in [5.74, 6) is 2.10. The van der Waals surface area contributed by atoms with Crippen molar-refractivity contribution >= 4 is 0 Å². The van der Waals surface area contributed by atoms with Crippen molar-refractivity contribution in [1.82, 2.24) is 19.7 Å². The molecule has 5 rings (SSSR count). The van der Waals surface area contributed by atoms with Gasteiger partial charge in [-0.15, -0.1) is 0 Å². The second kappa shape index (κ2) is 6.83. The molecule has 6 atom stereocenters. The summed E-state index contributed by atoms with van der Waals surface area (Å²) < 4.78 is 2.27. The molecule has 29 heavy (non-hydrogen) atoms. The summed E-state index contributed by atoms with van der Waals surface area (Å²) >= 11 is 0. The van der Waals surface area contributed by atoms with E-state index < -0.39 is 0 Å². The third-order valence-electron chi connectivity index (χ3n) is 9.20. The molecule has 0 aromatic carbocycles. The number of nitrogens with one attached hydrogen (secondary N) is 1. The summed E-state index contributed by atoms with van der Waals surface area (Å²) in [6.07, 6.45) is 14.8. The van der Waals surface area contributed by atoms with Crippen LogP contribution in [0.4, 0.5) is 0 Å². The Bertz CT molecular complexity index is 887. The highest BCUT2D eigenvalue weighted by atomic mass is 16.3. The Morgan fingerprint density at radius 3 is 2.93 bits per heavy atom. The predicted octanol–water partition coefficient (Wildman–Crippen LogP) is 4.02. The predicted molar refractivity (Wildman–Crippen MR) is 113 cm³/mol. The Labute approximate surface area is 173 Å². The normalized spacial score (nSPS) is 39.3. The van der Waals surface area contributed by atoms with Gasteiger partial charge < -0.3 is 9.67 Å². The van der Waals surface area contributed by atoms with Gasteiger partial charge in [0.25, 0.3) is 0 Å². The largest absolute Gasteiger partial charge is 0.396 e. The smallest absolute Gasteiger partial charge is 0.0946 e. The fourth-order valence-corrected chi connectivity index (χ4v) is 7.31. The lowest BCUT2D eigenvalue weighted by molar-refractivity contribution is -0.0624. The summed E-state index contributed by atoms with van der Waals surface area (Å²) in [7, 11) is 0. The molecule has 0 amide bonds. The minimum Gasteiger partial charge on any atom is -0.396 e. The van der Waals surface area contributed by atoms with Crippen molar-refractivity contribution in [1.29, 1.82) is 0 Å². The van der Waals surface area contributed by atoms with Gasteiger partial charge in [0.15, 0.2) is 0 Å². The van der Waals surface area contributed by atoms with Gasteiger partial charge in [0.2, 0.25) is 0 Å². The zero-order chi connectivity index (χ0) is 20.2. The molecule has 2 heterocycles. The van der Waals surface area contributed by atoms with Crippen LogP contribution >= 0.6 is 0 Å². The standard InChI is InChI=1S/C24H34N4O/c1-16-4-5-20-19(13-28-9-8-25-15-28)21(6-7-23(16,20)2)24(3)11-17-12-26-27-22(17)10-18(24)14-29/h8-9,12,15,18-21,29H,1,4-7,10-11,13-14H2,2-3H3,(H,26,27)/t18-,19+,20+,21+,23-,24+/m1/s1. The lowest BCUT2D eigenvalue weighted by Gasteiger charge is -2.56. The van der Waals surface area contributed by atoms with Crippen molar-refractivity contribution in [2.24, 2.45) is 34.5 Å². The molecule has 3 aliphatic carbocycles. The molecule has 5 heteroatoms. The molecule has 2 aromatic rings. The average molecular weight is 395 g/mol. The molecule has 0 bridgehead atoms. The molecule has 3 aliphatic rings. The van der Waals surface area contributed by atoms with E-state index in [1.165, 1.54) is 42.5 Å². The van der Waals surface area contributed by atoms with Crippen LogP contribution in [0.3, 0.4) is 0 Å². The van der Waals surface area contributed by atoms with Crippen LogP contribution in [0.15, 0.2) is 37.1 Å². The van der Waals surface area contributed by atoms with Crippen LogP contribution in [0.25, 0.3) is 0 Å². The molecule has 0 aliphatic heterocycles. The summed E-state index contributed by atoms with van der Waals surface area (Å²) in [6.45, 7) is 10.7. The van der Waals surface area contributed by atoms with Crippen LogP contribution in [0.5, 0.6) is 0 Å². The Morgan fingerprint density at radius 2 is 2.17 bits per heavy atom. The first-order valence-corrected chi connectivity index (χ1v) is 11.2. The number of H-pyrrole nitrogens is 1. The first-order chi connectivity index (χ1) is 14.0. The number of aliphatic hydroxyl groups excluding tert-OH is 1. The van der Waals surface area contributed by atoms with Gasteiger partial charge in [0.05, 0.1) is 12.5 Å². The molecule has 0 spiro atoms. The van der Waals surface area contributed by atoms with E-state index >= 15 is 0 Å². The van der Waals surface area contributed by atoms with E-state index in [9.17, 15) is 5.11 Å². The maximum Gasteiger partial charge on any atom is 0.0946 e. The van der Waals surface area contributed by atoms with Crippen LogP contribution < -0.4 is 0 Å². The fourth-order valence-electron chi connectivity index (χ4n) is 7.31. The summed E-state index contributed by atoms with van der Waals surface area (Å²) in [5.41, 5.74) is 4.39. The van der Waals surface area contributed by atoms with Crippen molar-refractivity contribution in [2.45, 2.75) is 58.9 Å². The van der Waals surface area contributed by atoms with E-state index in [0.29, 0.717) is 17.8 Å². The lowest BCUT2D eigenvalue weighted by atomic mass is 9.49. The first kappa shape index (κ1) is 19.1. The SMILES string of the molecule is C=C1CC[C@H]2[C@H](Cn3ccnc3)[C@@H]([C@@]3(C)Cc4cn[nH]c4C[C@@H]3CO)CC[C@]12C. The molecular formula is C24H34N4O. The molecule has 2 N–H and O–H groups in total. The van der Waals surface area contributed by atoms with Gasteiger partial charge in [0, 0.05) is 31.2 Å². The fraction of sp³-hybridized carbons (Fsp3) is 0.667. The maximum absolute atomic E-state index is 10.4. The van der Waals surface area contributed by atoms with E-state index in [2.05, 4.69) is 46.4 Å². The molecule has 0 saturated heterocycles.